The molecule has 5 rings (SSSR count). The molecule has 1 N–H and O–H groups in total. The highest BCUT2D eigenvalue weighted by molar-refractivity contribution is 7.17. The first-order chi connectivity index (χ1) is 14.8. The SMILES string of the molecule is O=C(Nc1ccc(-n2cncn2)nc1)c1sc(-c2ccco2)nc1-c1ccccc1. The molecule has 0 fully saturated rings. The van der Waals surface area contributed by atoms with Gasteiger partial charge in [-0.3, -0.25) is 4.79 Å². The molecule has 0 unspecified atom stereocenters. The number of amides is 1. The van der Waals surface area contributed by atoms with Crippen molar-refractivity contribution in [1.29, 1.82) is 0 Å². The molecule has 9 heteroatoms. The first kappa shape index (κ1) is 18.0. The molecule has 4 aromatic heterocycles. The fraction of sp³-hybridized carbons (Fsp3) is 0. The Balaban J connectivity index is 1.46. The second kappa shape index (κ2) is 7.72. The summed E-state index contributed by atoms with van der Waals surface area (Å²) in [6, 6.07) is 16.7. The zero-order valence-electron chi connectivity index (χ0n) is 15.5. The molecular weight excluding hydrogens is 400 g/mol. The van der Waals surface area contributed by atoms with Gasteiger partial charge in [0.25, 0.3) is 5.91 Å². The van der Waals surface area contributed by atoms with Crippen molar-refractivity contribution in [3.05, 3.63) is 84.6 Å². The van der Waals surface area contributed by atoms with E-state index in [2.05, 4.69) is 25.4 Å². The lowest BCUT2D eigenvalue weighted by molar-refractivity contribution is 0.103. The fourth-order valence-corrected chi connectivity index (χ4v) is 3.83. The number of carbonyl (C=O) groups excluding carboxylic acids is 1. The summed E-state index contributed by atoms with van der Waals surface area (Å²) in [5, 5.41) is 7.57. The molecule has 1 amide bonds. The number of pyridine rings is 1. The standard InChI is InChI=1S/C21H14N6O2S/c28-20(25-15-8-9-17(23-11-15)27-13-22-12-24-27)19-18(14-5-2-1-3-6-14)26-21(30-19)16-7-4-10-29-16/h1-13H,(H,25,28). The summed E-state index contributed by atoms with van der Waals surface area (Å²) in [6.45, 7) is 0. The topological polar surface area (TPSA) is 98.7 Å². The maximum atomic E-state index is 13.1. The van der Waals surface area contributed by atoms with Crippen molar-refractivity contribution in [3.8, 4) is 27.8 Å². The molecule has 0 bridgehead atoms. The normalized spacial score (nSPS) is 10.8. The van der Waals surface area contributed by atoms with Gasteiger partial charge in [-0.1, -0.05) is 30.3 Å². The summed E-state index contributed by atoms with van der Waals surface area (Å²) in [4.78, 5) is 26.4. The minimum atomic E-state index is -0.264. The molecule has 0 aliphatic carbocycles. The first-order valence-corrected chi connectivity index (χ1v) is 9.82. The van der Waals surface area contributed by atoms with Crippen LogP contribution in [0.3, 0.4) is 0 Å². The molecule has 4 heterocycles. The highest BCUT2D eigenvalue weighted by Gasteiger charge is 2.21. The van der Waals surface area contributed by atoms with Gasteiger partial charge >= 0.3 is 0 Å². The predicted molar refractivity (Wildman–Crippen MR) is 112 cm³/mol. The number of benzene rings is 1. The van der Waals surface area contributed by atoms with Crippen molar-refractivity contribution < 1.29 is 9.21 Å². The number of aromatic nitrogens is 5. The van der Waals surface area contributed by atoms with Crippen molar-refractivity contribution in [2.45, 2.75) is 0 Å². The number of furan rings is 1. The van der Waals surface area contributed by atoms with Gasteiger partial charge in [-0.15, -0.1) is 11.3 Å². The van der Waals surface area contributed by atoms with Gasteiger partial charge in [-0.2, -0.15) is 5.10 Å². The Morgan fingerprint density at radius 3 is 2.67 bits per heavy atom. The molecule has 5 aromatic rings. The maximum Gasteiger partial charge on any atom is 0.268 e. The number of anilines is 1. The van der Waals surface area contributed by atoms with Crippen molar-refractivity contribution in [2.75, 3.05) is 5.32 Å². The average molecular weight is 414 g/mol. The van der Waals surface area contributed by atoms with Crippen LogP contribution in [-0.2, 0) is 0 Å². The van der Waals surface area contributed by atoms with E-state index in [4.69, 9.17) is 4.42 Å². The number of nitrogens with one attached hydrogen (secondary N) is 1. The van der Waals surface area contributed by atoms with E-state index in [1.807, 2.05) is 36.4 Å². The van der Waals surface area contributed by atoms with E-state index in [-0.39, 0.29) is 5.91 Å². The Bertz CT molecular complexity index is 1260. The monoisotopic (exact) mass is 414 g/mol. The van der Waals surface area contributed by atoms with Gasteiger partial charge in [0.05, 0.1) is 23.8 Å². The highest BCUT2D eigenvalue weighted by Crippen LogP contribution is 2.34. The van der Waals surface area contributed by atoms with Crippen LogP contribution < -0.4 is 5.32 Å². The van der Waals surface area contributed by atoms with Gasteiger partial charge in [-0.05, 0) is 24.3 Å². The van der Waals surface area contributed by atoms with Gasteiger partial charge in [0.15, 0.2) is 16.6 Å². The molecule has 8 nitrogen and oxygen atoms in total. The molecule has 0 aliphatic rings. The second-order valence-corrected chi connectivity index (χ2v) is 7.24. The molecule has 0 saturated carbocycles. The molecular formula is C21H14N6O2S. The quantitative estimate of drug-likeness (QED) is 0.460. The van der Waals surface area contributed by atoms with E-state index in [0.29, 0.717) is 32.8 Å². The minimum absolute atomic E-state index is 0.264. The Morgan fingerprint density at radius 2 is 1.97 bits per heavy atom. The predicted octanol–water partition coefficient (Wildman–Crippen LogP) is 4.30. The molecule has 0 radical (unpaired) electrons. The van der Waals surface area contributed by atoms with E-state index in [1.54, 1.807) is 37.0 Å². The summed E-state index contributed by atoms with van der Waals surface area (Å²) < 4.78 is 7.00. The summed E-state index contributed by atoms with van der Waals surface area (Å²) in [5.74, 6) is 0.961. The summed E-state index contributed by atoms with van der Waals surface area (Å²) in [6.07, 6.45) is 6.15. The Labute approximate surface area is 174 Å². The molecule has 0 spiro atoms. The highest BCUT2D eigenvalue weighted by atomic mass is 32.1. The van der Waals surface area contributed by atoms with Gasteiger partial charge in [0.2, 0.25) is 0 Å². The van der Waals surface area contributed by atoms with Crippen LogP contribution in [0.1, 0.15) is 9.67 Å². The molecule has 0 saturated heterocycles. The number of hydrogen-bond acceptors (Lipinski definition) is 7. The van der Waals surface area contributed by atoms with Gasteiger partial charge in [-0.25, -0.2) is 19.6 Å². The lowest BCUT2D eigenvalue weighted by Crippen LogP contribution is -2.12. The lowest BCUT2D eigenvalue weighted by atomic mass is 10.1. The van der Waals surface area contributed by atoms with Crippen molar-refractivity contribution >= 4 is 22.9 Å². The first-order valence-electron chi connectivity index (χ1n) is 9.00. The van der Waals surface area contributed by atoms with Crippen LogP contribution in [0.5, 0.6) is 0 Å². The third-order valence-corrected chi connectivity index (χ3v) is 5.34. The fourth-order valence-electron chi connectivity index (χ4n) is 2.88. The Hall–Kier alpha value is -4.11. The Morgan fingerprint density at radius 1 is 1.07 bits per heavy atom. The van der Waals surface area contributed by atoms with E-state index in [0.717, 1.165) is 5.56 Å². The second-order valence-electron chi connectivity index (χ2n) is 6.24. The molecule has 30 heavy (non-hydrogen) atoms. The van der Waals surface area contributed by atoms with Gasteiger partial charge in [0.1, 0.15) is 17.5 Å². The van der Waals surface area contributed by atoms with Gasteiger partial charge < -0.3 is 9.73 Å². The third kappa shape index (κ3) is 3.49. The van der Waals surface area contributed by atoms with Crippen LogP contribution in [0.25, 0.3) is 27.8 Å². The van der Waals surface area contributed by atoms with Crippen LogP contribution in [0, 0.1) is 0 Å². The van der Waals surface area contributed by atoms with E-state index >= 15 is 0 Å². The zero-order valence-corrected chi connectivity index (χ0v) is 16.3. The third-order valence-electron chi connectivity index (χ3n) is 4.27. The molecule has 1 aromatic carbocycles. The molecule has 0 atom stereocenters. The summed E-state index contributed by atoms with van der Waals surface area (Å²) in [7, 11) is 0. The number of thiazole rings is 1. The van der Waals surface area contributed by atoms with Crippen molar-refractivity contribution in [2.24, 2.45) is 0 Å². The van der Waals surface area contributed by atoms with Crippen LogP contribution in [0.2, 0.25) is 0 Å². The largest absolute Gasteiger partial charge is 0.462 e. The lowest BCUT2D eigenvalue weighted by Gasteiger charge is -2.06. The van der Waals surface area contributed by atoms with Crippen molar-refractivity contribution in [1.82, 2.24) is 24.7 Å². The molecule has 146 valence electrons. The maximum absolute atomic E-state index is 13.1. The summed E-state index contributed by atoms with van der Waals surface area (Å²) in [5.41, 5.74) is 2.03. The number of rotatable bonds is 5. The number of hydrogen-bond donors (Lipinski definition) is 1. The minimum Gasteiger partial charge on any atom is -0.462 e. The van der Waals surface area contributed by atoms with Crippen LogP contribution in [0.15, 0.2) is 84.1 Å². The number of carbonyl (C=O) groups is 1. The van der Waals surface area contributed by atoms with E-state index in [1.165, 1.54) is 22.3 Å². The van der Waals surface area contributed by atoms with Gasteiger partial charge in [0, 0.05) is 5.56 Å². The summed E-state index contributed by atoms with van der Waals surface area (Å²) >= 11 is 1.28. The van der Waals surface area contributed by atoms with Crippen LogP contribution in [-0.4, -0.2) is 30.6 Å². The number of nitrogens with zero attached hydrogens (tertiary/aromatic N) is 5. The van der Waals surface area contributed by atoms with E-state index in [9.17, 15) is 4.79 Å². The Kier molecular flexibility index (Phi) is 4.62. The van der Waals surface area contributed by atoms with Crippen molar-refractivity contribution in [3.63, 3.8) is 0 Å². The van der Waals surface area contributed by atoms with Crippen LogP contribution >= 0.6 is 11.3 Å². The molecule has 0 aliphatic heterocycles. The van der Waals surface area contributed by atoms with E-state index < -0.39 is 0 Å². The zero-order chi connectivity index (χ0) is 20.3. The average Bonchev–Trinajstić information content (AvgIpc) is 3.56. The smallest absolute Gasteiger partial charge is 0.268 e. The van der Waals surface area contributed by atoms with Crippen LogP contribution in [0.4, 0.5) is 5.69 Å².